The van der Waals surface area contributed by atoms with E-state index in [4.69, 9.17) is 16.3 Å². The lowest BCUT2D eigenvalue weighted by atomic mass is 9.94. The maximum absolute atomic E-state index is 11.8. The number of halogens is 1. The van der Waals surface area contributed by atoms with Gasteiger partial charge in [0.1, 0.15) is 0 Å². The van der Waals surface area contributed by atoms with E-state index in [9.17, 15) is 9.90 Å². The summed E-state index contributed by atoms with van der Waals surface area (Å²) in [5.41, 5.74) is 1.01. The van der Waals surface area contributed by atoms with Gasteiger partial charge in [-0.2, -0.15) is 0 Å². The third kappa shape index (κ3) is 4.84. The first-order chi connectivity index (χ1) is 9.98. The van der Waals surface area contributed by atoms with Gasteiger partial charge in [-0.3, -0.25) is 4.79 Å². The van der Waals surface area contributed by atoms with Crippen molar-refractivity contribution in [2.75, 3.05) is 19.8 Å². The van der Waals surface area contributed by atoms with E-state index >= 15 is 0 Å². The third-order valence-electron chi connectivity index (χ3n) is 3.64. The summed E-state index contributed by atoms with van der Waals surface area (Å²) in [7, 11) is 0. The molecule has 1 fully saturated rings. The van der Waals surface area contributed by atoms with Crippen molar-refractivity contribution in [2.24, 2.45) is 0 Å². The standard InChI is InChI=1S/C16H20ClNO3/c1-12-2-3-13(10-14(12)17)4-5-15(19)18-11-16(20)6-8-21-9-7-16/h2-5,10,20H,6-9,11H2,1H3,(H,18,19)/b5-4+. The molecule has 21 heavy (non-hydrogen) atoms. The van der Waals surface area contributed by atoms with E-state index in [1.165, 1.54) is 6.08 Å². The molecular weight excluding hydrogens is 290 g/mol. The lowest BCUT2D eigenvalue weighted by Gasteiger charge is -2.31. The Hall–Kier alpha value is -1.36. The minimum absolute atomic E-state index is 0.230. The topological polar surface area (TPSA) is 58.6 Å². The number of nitrogens with one attached hydrogen (secondary N) is 1. The number of aryl methyl sites for hydroxylation is 1. The Bertz CT molecular complexity index is 536. The highest BCUT2D eigenvalue weighted by molar-refractivity contribution is 6.31. The Morgan fingerprint density at radius 1 is 1.48 bits per heavy atom. The average Bonchev–Trinajstić information content (AvgIpc) is 2.47. The van der Waals surface area contributed by atoms with Crippen LogP contribution in [0.5, 0.6) is 0 Å². The van der Waals surface area contributed by atoms with E-state index in [2.05, 4.69) is 5.32 Å². The molecule has 0 radical (unpaired) electrons. The van der Waals surface area contributed by atoms with Gasteiger partial charge in [-0.1, -0.05) is 23.7 Å². The minimum Gasteiger partial charge on any atom is -0.388 e. The Balaban J connectivity index is 1.86. The normalized spacial score (nSPS) is 17.9. The van der Waals surface area contributed by atoms with E-state index in [0.717, 1.165) is 11.1 Å². The summed E-state index contributed by atoms with van der Waals surface area (Å²) in [4.78, 5) is 11.8. The smallest absolute Gasteiger partial charge is 0.244 e. The molecule has 1 heterocycles. The molecule has 0 unspecified atom stereocenters. The van der Waals surface area contributed by atoms with Crippen LogP contribution in [0.25, 0.3) is 6.08 Å². The maximum atomic E-state index is 11.8. The molecule has 1 aromatic carbocycles. The maximum Gasteiger partial charge on any atom is 0.244 e. The van der Waals surface area contributed by atoms with Gasteiger partial charge in [0.15, 0.2) is 0 Å². The van der Waals surface area contributed by atoms with Crippen LogP contribution in [0.4, 0.5) is 0 Å². The first-order valence-electron chi connectivity index (χ1n) is 7.01. The van der Waals surface area contributed by atoms with Gasteiger partial charge in [0, 0.05) is 43.7 Å². The number of hydrogen-bond acceptors (Lipinski definition) is 3. The Kier molecular flexibility index (Phi) is 5.39. The number of rotatable bonds is 4. The van der Waals surface area contributed by atoms with E-state index in [1.807, 2.05) is 25.1 Å². The highest BCUT2D eigenvalue weighted by atomic mass is 35.5. The van der Waals surface area contributed by atoms with Crippen molar-refractivity contribution in [3.8, 4) is 0 Å². The molecule has 0 aliphatic carbocycles. The molecule has 5 heteroatoms. The lowest BCUT2D eigenvalue weighted by molar-refractivity contribution is -0.119. The van der Waals surface area contributed by atoms with Gasteiger partial charge in [0.2, 0.25) is 5.91 Å². The first kappa shape index (κ1) is 16.0. The predicted molar refractivity (Wildman–Crippen MR) is 83.2 cm³/mol. The van der Waals surface area contributed by atoms with Gasteiger partial charge >= 0.3 is 0 Å². The fourth-order valence-electron chi connectivity index (χ4n) is 2.12. The summed E-state index contributed by atoms with van der Waals surface area (Å²) in [5.74, 6) is -0.230. The largest absolute Gasteiger partial charge is 0.388 e. The first-order valence-corrected chi connectivity index (χ1v) is 7.38. The summed E-state index contributed by atoms with van der Waals surface area (Å²) in [6, 6.07) is 5.62. The predicted octanol–water partition coefficient (Wildman–Crippen LogP) is 2.32. The van der Waals surface area contributed by atoms with Gasteiger partial charge in [0.25, 0.3) is 0 Å². The molecule has 114 valence electrons. The molecule has 0 spiro atoms. The minimum atomic E-state index is -0.852. The zero-order chi connectivity index (χ0) is 15.3. The molecule has 0 saturated carbocycles. The van der Waals surface area contributed by atoms with E-state index in [-0.39, 0.29) is 12.5 Å². The monoisotopic (exact) mass is 309 g/mol. The van der Waals surface area contributed by atoms with Crippen molar-refractivity contribution in [3.05, 3.63) is 40.4 Å². The molecule has 1 amide bonds. The van der Waals surface area contributed by atoms with Gasteiger partial charge < -0.3 is 15.2 Å². The number of carbonyl (C=O) groups is 1. The molecule has 0 aromatic heterocycles. The van der Waals surface area contributed by atoms with Gasteiger partial charge in [0.05, 0.1) is 5.60 Å². The fourth-order valence-corrected chi connectivity index (χ4v) is 2.31. The van der Waals surface area contributed by atoms with Crippen molar-refractivity contribution in [1.82, 2.24) is 5.32 Å². The number of carbonyl (C=O) groups excluding carboxylic acids is 1. The highest BCUT2D eigenvalue weighted by Gasteiger charge is 2.29. The van der Waals surface area contributed by atoms with Crippen LogP contribution >= 0.6 is 11.6 Å². The summed E-state index contributed by atoms with van der Waals surface area (Å²) >= 11 is 6.03. The summed E-state index contributed by atoms with van der Waals surface area (Å²) < 4.78 is 5.20. The molecule has 1 aliphatic heterocycles. The fraction of sp³-hybridized carbons (Fsp3) is 0.438. The van der Waals surface area contributed by atoms with Crippen molar-refractivity contribution in [1.29, 1.82) is 0 Å². The number of amides is 1. The molecule has 0 bridgehead atoms. The number of aliphatic hydroxyl groups is 1. The van der Waals surface area contributed by atoms with Crippen LogP contribution in [0.15, 0.2) is 24.3 Å². The van der Waals surface area contributed by atoms with Gasteiger partial charge in [-0.05, 0) is 30.2 Å². The summed E-state index contributed by atoms with van der Waals surface area (Å²) in [6.07, 6.45) is 4.24. The van der Waals surface area contributed by atoms with Crippen LogP contribution in [0, 0.1) is 6.92 Å². The van der Waals surface area contributed by atoms with Crippen LogP contribution in [-0.2, 0) is 9.53 Å². The molecule has 2 rings (SSSR count). The SMILES string of the molecule is Cc1ccc(/C=C/C(=O)NCC2(O)CCOCC2)cc1Cl. The molecule has 1 saturated heterocycles. The zero-order valence-electron chi connectivity index (χ0n) is 12.1. The second kappa shape index (κ2) is 7.07. The van der Waals surface area contributed by atoms with Gasteiger partial charge in [-0.25, -0.2) is 0 Å². The number of benzene rings is 1. The van der Waals surface area contributed by atoms with Crippen molar-refractivity contribution in [3.63, 3.8) is 0 Å². The Morgan fingerprint density at radius 2 is 2.19 bits per heavy atom. The quantitative estimate of drug-likeness (QED) is 0.839. The Labute approximate surface area is 129 Å². The second-order valence-corrected chi connectivity index (χ2v) is 5.80. The molecule has 0 atom stereocenters. The van der Waals surface area contributed by atoms with Crippen molar-refractivity contribution in [2.45, 2.75) is 25.4 Å². The van der Waals surface area contributed by atoms with Crippen molar-refractivity contribution < 1.29 is 14.6 Å². The van der Waals surface area contributed by atoms with E-state index in [0.29, 0.717) is 31.1 Å². The van der Waals surface area contributed by atoms with Crippen LogP contribution in [0.2, 0.25) is 5.02 Å². The van der Waals surface area contributed by atoms with Crippen molar-refractivity contribution >= 4 is 23.6 Å². The molecular formula is C16H20ClNO3. The molecule has 1 aliphatic rings. The van der Waals surface area contributed by atoms with Gasteiger partial charge in [-0.15, -0.1) is 0 Å². The number of ether oxygens (including phenoxy) is 1. The van der Waals surface area contributed by atoms with Crippen LogP contribution in [-0.4, -0.2) is 36.4 Å². The highest BCUT2D eigenvalue weighted by Crippen LogP contribution is 2.19. The Morgan fingerprint density at radius 3 is 2.86 bits per heavy atom. The van der Waals surface area contributed by atoms with Crippen LogP contribution in [0.1, 0.15) is 24.0 Å². The van der Waals surface area contributed by atoms with E-state index in [1.54, 1.807) is 6.08 Å². The van der Waals surface area contributed by atoms with E-state index < -0.39 is 5.60 Å². The molecule has 1 aromatic rings. The lowest BCUT2D eigenvalue weighted by Crippen LogP contribution is -2.46. The number of hydrogen-bond donors (Lipinski definition) is 2. The zero-order valence-corrected chi connectivity index (χ0v) is 12.8. The molecule has 2 N–H and O–H groups in total. The molecule has 4 nitrogen and oxygen atoms in total. The summed E-state index contributed by atoms with van der Waals surface area (Å²) in [6.45, 7) is 3.24. The average molecular weight is 310 g/mol. The van der Waals surface area contributed by atoms with Crippen LogP contribution in [0.3, 0.4) is 0 Å². The summed E-state index contributed by atoms with van der Waals surface area (Å²) in [5, 5.41) is 13.6. The van der Waals surface area contributed by atoms with Crippen LogP contribution < -0.4 is 5.32 Å². The second-order valence-electron chi connectivity index (χ2n) is 5.40. The third-order valence-corrected chi connectivity index (χ3v) is 4.05.